The van der Waals surface area contributed by atoms with Gasteiger partial charge in [-0.3, -0.25) is 5.10 Å². The van der Waals surface area contributed by atoms with Crippen LogP contribution in [0, 0.1) is 11.6 Å². The number of hydrogen-bond acceptors (Lipinski definition) is 3. The minimum absolute atomic E-state index is 0.0219. The summed E-state index contributed by atoms with van der Waals surface area (Å²) in [5.74, 6) is -2.10. The minimum Gasteiger partial charge on any atom is -0.461 e. The van der Waals surface area contributed by atoms with Crippen LogP contribution in [-0.2, 0) is 4.74 Å². The van der Waals surface area contributed by atoms with Gasteiger partial charge in [-0.2, -0.15) is 5.10 Å². The summed E-state index contributed by atoms with van der Waals surface area (Å²) >= 11 is 0. The summed E-state index contributed by atoms with van der Waals surface area (Å²) in [6.45, 7) is 1.87. The Morgan fingerprint density at radius 2 is 2.06 bits per heavy atom. The summed E-state index contributed by atoms with van der Waals surface area (Å²) in [6.07, 6.45) is 0. The van der Waals surface area contributed by atoms with Gasteiger partial charge in [-0.25, -0.2) is 13.6 Å². The fourth-order valence-electron chi connectivity index (χ4n) is 1.51. The first-order valence-electron chi connectivity index (χ1n) is 5.30. The number of H-pyrrole nitrogens is 1. The van der Waals surface area contributed by atoms with Gasteiger partial charge in [-0.05, 0) is 25.1 Å². The number of halogens is 2. The second-order valence-electron chi connectivity index (χ2n) is 3.48. The van der Waals surface area contributed by atoms with Crippen molar-refractivity contribution in [3.63, 3.8) is 0 Å². The summed E-state index contributed by atoms with van der Waals surface area (Å²) in [6, 6.07) is 4.75. The molecule has 1 N–H and O–H groups in total. The summed E-state index contributed by atoms with van der Waals surface area (Å²) in [7, 11) is 0. The topological polar surface area (TPSA) is 55.0 Å². The van der Waals surface area contributed by atoms with E-state index in [1.165, 1.54) is 12.1 Å². The van der Waals surface area contributed by atoms with Crippen molar-refractivity contribution in [3.8, 4) is 11.3 Å². The van der Waals surface area contributed by atoms with Gasteiger partial charge in [-0.1, -0.05) is 6.07 Å². The molecule has 1 aromatic carbocycles. The monoisotopic (exact) mass is 252 g/mol. The summed E-state index contributed by atoms with van der Waals surface area (Å²) in [5.41, 5.74) is -0.201. The number of aromatic nitrogens is 2. The average molecular weight is 252 g/mol. The van der Waals surface area contributed by atoms with Crippen molar-refractivity contribution in [2.45, 2.75) is 6.92 Å². The Balaban J connectivity index is 2.38. The Morgan fingerprint density at radius 1 is 1.39 bits per heavy atom. The smallest absolute Gasteiger partial charge is 0.356 e. The normalized spacial score (nSPS) is 10.4. The summed E-state index contributed by atoms with van der Waals surface area (Å²) in [4.78, 5) is 11.4. The fourth-order valence-corrected chi connectivity index (χ4v) is 1.51. The molecule has 2 rings (SSSR count). The maximum absolute atomic E-state index is 13.5. The Bertz CT molecular complexity index is 561. The zero-order valence-electron chi connectivity index (χ0n) is 9.54. The minimum atomic E-state index is -0.739. The molecule has 0 saturated heterocycles. The number of hydrogen-bond donors (Lipinski definition) is 1. The van der Waals surface area contributed by atoms with Crippen molar-refractivity contribution in [1.29, 1.82) is 0 Å². The Morgan fingerprint density at radius 3 is 2.67 bits per heavy atom. The van der Waals surface area contributed by atoms with Crippen LogP contribution in [0.15, 0.2) is 24.3 Å². The van der Waals surface area contributed by atoms with Gasteiger partial charge in [0.05, 0.1) is 17.9 Å². The number of rotatable bonds is 3. The molecule has 2 aromatic rings. The lowest BCUT2D eigenvalue weighted by atomic mass is 10.1. The van der Waals surface area contributed by atoms with Crippen LogP contribution in [0.4, 0.5) is 8.78 Å². The average Bonchev–Trinajstić information content (AvgIpc) is 2.78. The quantitative estimate of drug-likeness (QED) is 0.854. The Hall–Kier alpha value is -2.24. The van der Waals surface area contributed by atoms with E-state index >= 15 is 0 Å². The number of ether oxygens (including phenoxy) is 1. The number of carbonyl (C=O) groups excluding carboxylic acids is 1. The van der Waals surface area contributed by atoms with Crippen molar-refractivity contribution < 1.29 is 18.3 Å². The lowest BCUT2D eigenvalue weighted by Crippen LogP contribution is -2.04. The number of esters is 1. The van der Waals surface area contributed by atoms with Crippen LogP contribution in [0.3, 0.4) is 0 Å². The highest BCUT2D eigenvalue weighted by molar-refractivity contribution is 5.88. The van der Waals surface area contributed by atoms with Crippen LogP contribution < -0.4 is 0 Å². The lowest BCUT2D eigenvalue weighted by molar-refractivity contribution is 0.0519. The van der Waals surface area contributed by atoms with Gasteiger partial charge >= 0.3 is 5.97 Å². The molecule has 18 heavy (non-hydrogen) atoms. The van der Waals surface area contributed by atoms with Gasteiger partial charge in [0.2, 0.25) is 0 Å². The van der Waals surface area contributed by atoms with Gasteiger partial charge in [-0.15, -0.1) is 0 Å². The molecule has 0 amide bonds. The van der Waals surface area contributed by atoms with Gasteiger partial charge in [0, 0.05) is 0 Å². The van der Waals surface area contributed by atoms with Crippen LogP contribution in [0.2, 0.25) is 0 Å². The zero-order chi connectivity index (χ0) is 13.1. The zero-order valence-corrected chi connectivity index (χ0v) is 9.54. The molecule has 0 unspecified atom stereocenters. The largest absolute Gasteiger partial charge is 0.461 e. The van der Waals surface area contributed by atoms with E-state index in [0.717, 1.165) is 12.1 Å². The molecule has 0 fully saturated rings. The van der Waals surface area contributed by atoms with Crippen molar-refractivity contribution in [2.24, 2.45) is 0 Å². The number of benzene rings is 1. The highest BCUT2D eigenvalue weighted by Gasteiger charge is 2.17. The van der Waals surface area contributed by atoms with Crippen LogP contribution in [0.25, 0.3) is 11.3 Å². The third kappa shape index (κ3) is 2.22. The highest BCUT2D eigenvalue weighted by atomic mass is 19.1. The first kappa shape index (κ1) is 12.2. The predicted octanol–water partition coefficient (Wildman–Crippen LogP) is 2.53. The van der Waals surface area contributed by atoms with Gasteiger partial charge in [0.1, 0.15) is 17.3 Å². The van der Waals surface area contributed by atoms with Crippen molar-refractivity contribution in [1.82, 2.24) is 10.2 Å². The second-order valence-corrected chi connectivity index (χ2v) is 3.48. The molecule has 6 heteroatoms. The molecule has 0 saturated carbocycles. The van der Waals surface area contributed by atoms with E-state index in [9.17, 15) is 13.6 Å². The van der Waals surface area contributed by atoms with E-state index in [1.807, 2.05) is 0 Å². The van der Waals surface area contributed by atoms with Gasteiger partial charge in [0.15, 0.2) is 0 Å². The third-order valence-corrected chi connectivity index (χ3v) is 2.29. The number of nitrogens with zero attached hydrogens (tertiary/aromatic N) is 1. The molecule has 0 radical (unpaired) electrons. The van der Waals surface area contributed by atoms with Gasteiger partial charge in [0.25, 0.3) is 0 Å². The first-order valence-corrected chi connectivity index (χ1v) is 5.30. The van der Waals surface area contributed by atoms with Crippen molar-refractivity contribution >= 4 is 5.97 Å². The van der Waals surface area contributed by atoms with Gasteiger partial charge < -0.3 is 4.74 Å². The Labute approximate surface area is 102 Å². The van der Waals surface area contributed by atoms with E-state index in [2.05, 4.69) is 10.2 Å². The fraction of sp³-hybridized carbons (Fsp3) is 0.167. The van der Waals surface area contributed by atoms with Crippen molar-refractivity contribution in [2.75, 3.05) is 6.61 Å². The molecule has 0 aliphatic heterocycles. The molecule has 0 aliphatic rings. The van der Waals surface area contributed by atoms with Crippen LogP contribution in [0.1, 0.15) is 17.4 Å². The molecule has 0 bridgehead atoms. The molecule has 0 aliphatic carbocycles. The first-order chi connectivity index (χ1) is 8.63. The number of aromatic amines is 1. The molecule has 4 nitrogen and oxygen atoms in total. The highest BCUT2D eigenvalue weighted by Crippen LogP contribution is 2.24. The lowest BCUT2D eigenvalue weighted by Gasteiger charge is -1.99. The van der Waals surface area contributed by atoms with Crippen molar-refractivity contribution in [3.05, 3.63) is 41.6 Å². The standard InChI is InChI=1S/C12H10F2N2O2/c1-2-18-12(17)10-6-9(15-16-10)11-7(13)4-3-5-8(11)14/h3-6H,2H2,1H3,(H,15,16). The predicted molar refractivity (Wildman–Crippen MR) is 59.9 cm³/mol. The molecule has 0 atom stereocenters. The molecule has 1 aromatic heterocycles. The third-order valence-electron chi connectivity index (χ3n) is 2.29. The summed E-state index contributed by atoms with van der Waals surface area (Å²) in [5, 5.41) is 6.09. The molecule has 0 spiro atoms. The van der Waals surface area contributed by atoms with Crippen LogP contribution >= 0.6 is 0 Å². The maximum Gasteiger partial charge on any atom is 0.356 e. The second kappa shape index (κ2) is 4.95. The summed E-state index contributed by atoms with van der Waals surface area (Å²) < 4.78 is 31.7. The Kier molecular flexibility index (Phi) is 3.36. The van der Waals surface area contributed by atoms with Crippen LogP contribution in [0.5, 0.6) is 0 Å². The van der Waals surface area contributed by atoms with E-state index in [-0.39, 0.29) is 23.6 Å². The van der Waals surface area contributed by atoms with E-state index < -0.39 is 17.6 Å². The SMILES string of the molecule is CCOC(=O)c1cc(-c2c(F)cccc2F)n[nH]1. The molecular weight excluding hydrogens is 242 g/mol. The molecule has 94 valence electrons. The van der Waals surface area contributed by atoms with E-state index in [0.29, 0.717) is 0 Å². The van der Waals surface area contributed by atoms with E-state index in [1.54, 1.807) is 6.92 Å². The molecular formula is C12H10F2N2O2. The van der Waals surface area contributed by atoms with Crippen LogP contribution in [-0.4, -0.2) is 22.8 Å². The number of nitrogens with one attached hydrogen (secondary N) is 1. The maximum atomic E-state index is 13.5. The van der Waals surface area contributed by atoms with E-state index in [4.69, 9.17) is 4.74 Å². The number of carbonyl (C=O) groups is 1. The molecule has 1 heterocycles.